The second kappa shape index (κ2) is 4.83. The van der Waals surface area contributed by atoms with Gasteiger partial charge in [0.05, 0.1) is 6.61 Å². The Hall–Kier alpha value is -0.0800. The van der Waals surface area contributed by atoms with Gasteiger partial charge in [-0.15, -0.1) is 0 Å². The highest BCUT2D eigenvalue weighted by Gasteiger charge is 2.23. The molecule has 0 saturated carbocycles. The van der Waals surface area contributed by atoms with E-state index in [1.165, 1.54) is 25.8 Å². The Morgan fingerprint density at radius 3 is 2.75 bits per heavy atom. The molecular weight excluding hydrogens is 150 g/mol. The van der Waals surface area contributed by atoms with E-state index in [0.29, 0.717) is 12.1 Å². The fourth-order valence-corrected chi connectivity index (χ4v) is 2.15. The summed E-state index contributed by atoms with van der Waals surface area (Å²) in [5.41, 5.74) is 0. The summed E-state index contributed by atoms with van der Waals surface area (Å²) < 4.78 is 0. The number of nitrogens with zero attached hydrogens (tertiary/aromatic N) is 1. The molecule has 0 spiro atoms. The van der Waals surface area contributed by atoms with Gasteiger partial charge in [0, 0.05) is 12.1 Å². The molecule has 0 amide bonds. The zero-order valence-corrected chi connectivity index (χ0v) is 8.25. The summed E-state index contributed by atoms with van der Waals surface area (Å²) >= 11 is 0. The van der Waals surface area contributed by atoms with E-state index in [4.69, 9.17) is 0 Å². The zero-order valence-electron chi connectivity index (χ0n) is 8.25. The van der Waals surface area contributed by atoms with Crippen LogP contribution in [0.5, 0.6) is 0 Å². The maximum Gasteiger partial charge on any atom is 0.0837 e. The first-order valence-corrected chi connectivity index (χ1v) is 5.09. The zero-order chi connectivity index (χ0) is 8.97. The largest absolute Gasteiger partial charge is 0.298 e. The average Bonchev–Trinajstić information content (AvgIpc) is 2.05. The Kier molecular flexibility index (Phi) is 4.02. The second-order valence-corrected chi connectivity index (χ2v) is 3.97. The molecule has 2 heteroatoms. The topological polar surface area (TPSA) is 23.1 Å². The van der Waals surface area contributed by atoms with Crippen molar-refractivity contribution in [2.24, 2.45) is 0 Å². The molecule has 1 aliphatic rings. The molecule has 1 atom stereocenters. The van der Waals surface area contributed by atoms with Gasteiger partial charge in [0.2, 0.25) is 0 Å². The molecule has 1 unspecified atom stereocenters. The van der Waals surface area contributed by atoms with Gasteiger partial charge in [-0.2, -0.15) is 0 Å². The van der Waals surface area contributed by atoms with Gasteiger partial charge in [-0.1, -0.05) is 6.42 Å². The summed E-state index contributed by atoms with van der Waals surface area (Å²) in [6, 6.07) is 1.19. The smallest absolute Gasteiger partial charge is 0.0837 e. The molecule has 0 aromatic rings. The van der Waals surface area contributed by atoms with Crippen molar-refractivity contribution in [2.75, 3.05) is 13.2 Å². The summed E-state index contributed by atoms with van der Waals surface area (Å²) in [4.78, 5) is 2.49. The third kappa shape index (κ3) is 2.46. The van der Waals surface area contributed by atoms with Crippen LogP contribution in [0.25, 0.3) is 0 Å². The molecule has 0 bridgehead atoms. The van der Waals surface area contributed by atoms with E-state index in [0.717, 1.165) is 6.42 Å². The predicted octanol–water partition coefficient (Wildman–Crippen LogP) is 2.07. The summed E-state index contributed by atoms with van der Waals surface area (Å²) in [5, 5.41) is 10.5. The molecule has 2 nitrogen and oxygen atoms in total. The van der Waals surface area contributed by atoms with E-state index in [-0.39, 0.29) is 6.61 Å². The standard InChI is InChI=1S/C10H20NO/c1-9(2)11-7-4-3-5-10(11)6-8-12/h9-10H,3-8H2,1-2H3. The molecule has 0 N–H and O–H groups in total. The molecule has 1 saturated heterocycles. The summed E-state index contributed by atoms with van der Waals surface area (Å²) in [7, 11) is 0. The normalized spacial score (nSPS) is 26.5. The highest BCUT2D eigenvalue weighted by atomic mass is 16.3. The van der Waals surface area contributed by atoms with Gasteiger partial charge in [0.25, 0.3) is 0 Å². The third-order valence-electron chi connectivity index (χ3n) is 2.79. The van der Waals surface area contributed by atoms with Crippen LogP contribution < -0.4 is 0 Å². The minimum atomic E-state index is 0.0912. The molecule has 1 heterocycles. The number of rotatable bonds is 3. The van der Waals surface area contributed by atoms with Crippen molar-refractivity contribution in [1.82, 2.24) is 4.90 Å². The van der Waals surface area contributed by atoms with E-state index in [1.54, 1.807) is 0 Å². The second-order valence-electron chi connectivity index (χ2n) is 3.97. The number of piperidine rings is 1. The molecular formula is C10H20NO. The third-order valence-corrected chi connectivity index (χ3v) is 2.79. The molecule has 1 radical (unpaired) electrons. The van der Waals surface area contributed by atoms with E-state index < -0.39 is 0 Å². The van der Waals surface area contributed by atoms with Gasteiger partial charge in [-0.3, -0.25) is 4.90 Å². The Balaban J connectivity index is 2.42. The van der Waals surface area contributed by atoms with Crippen LogP contribution in [0.15, 0.2) is 0 Å². The van der Waals surface area contributed by atoms with Gasteiger partial charge in [0.1, 0.15) is 0 Å². The monoisotopic (exact) mass is 170 g/mol. The van der Waals surface area contributed by atoms with Crippen molar-refractivity contribution in [3.8, 4) is 0 Å². The Morgan fingerprint density at radius 2 is 2.17 bits per heavy atom. The first-order valence-electron chi connectivity index (χ1n) is 5.09. The minimum absolute atomic E-state index is 0.0912. The number of hydrogen-bond donors (Lipinski definition) is 0. The number of likely N-dealkylation sites (tertiary alicyclic amines) is 1. The summed E-state index contributed by atoms with van der Waals surface area (Å²) in [6.45, 7) is 5.74. The maximum atomic E-state index is 10.5. The number of hydrogen-bond acceptors (Lipinski definition) is 1. The van der Waals surface area contributed by atoms with Crippen LogP contribution in [-0.2, 0) is 5.11 Å². The lowest BCUT2D eigenvalue weighted by Gasteiger charge is -2.38. The summed E-state index contributed by atoms with van der Waals surface area (Å²) in [6.07, 6.45) is 4.71. The van der Waals surface area contributed by atoms with Gasteiger partial charge in [-0.25, -0.2) is 5.11 Å². The Morgan fingerprint density at radius 1 is 1.42 bits per heavy atom. The fourth-order valence-electron chi connectivity index (χ4n) is 2.15. The lowest BCUT2D eigenvalue weighted by atomic mass is 9.98. The molecule has 1 aliphatic heterocycles. The molecule has 0 aromatic heterocycles. The van der Waals surface area contributed by atoms with E-state index >= 15 is 0 Å². The Labute approximate surface area is 75.6 Å². The van der Waals surface area contributed by atoms with Crippen LogP contribution in [0.3, 0.4) is 0 Å². The van der Waals surface area contributed by atoms with Crippen LogP contribution in [0, 0.1) is 0 Å². The van der Waals surface area contributed by atoms with Gasteiger partial charge >= 0.3 is 0 Å². The lowest BCUT2D eigenvalue weighted by molar-refractivity contribution is 0.0757. The molecule has 0 aromatic carbocycles. The molecule has 0 aliphatic carbocycles. The maximum absolute atomic E-state index is 10.5. The van der Waals surface area contributed by atoms with Crippen LogP contribution >= 0.6 is 0 Å². The van der Waals surface area contributed by atoms with Crippen LogP contribution in [0.2, 0.25) is 0 Å². The SMILES string of the molecule is CC(C)N1CCCCC1CC[O]. The van der Waals surface area contributed by atoms with Crippen molar-refractivity contribution in [3.05, 3.63) is 0 Å². The molecule has 1 rings (SSSR count). The van der Waals surface area contributed by atoms with E-state index in [2.05, 4.69) is 18.7 Å². The molecule has 1 fully saturated rings. The first-order chi connectivity index (χ1) is 5.75. The van der Waals surface area contributed by atoms with Crippen LogP contribution in [0.1, 0.15) is 39.5 Å². The van der Waals surface area contributed by atoms with Crippen molar-refractivity contribution < 1.29 is 5.11 Å². The van der Waals surface area contributed by atoms with Crippen molar-refractivity contribution >= 4 is 0 Å². The van der Waals surface area contributed by atoms with Gasteiger partial charge in [0.15, 0.2) is 0 Å². The average molecular weight is 170 g/mol. The quantitative estimate of drug-likeness (QED) is 0.636. The Bertz CT molecular complexity index is 123. The fraction of sp³-hybridized carbons (Fsp3) is 1.00. The van der Waals surface area contributed by atoms with E-state index in [9.17, 15) is 5.11 Å². The van der Waals surface area contributed by atoms with Crippen molar-refractivity contribution in [1.29, 1.82) is 0 Å². The van der Waals surface area contributed by atoms with Gasteiger partial charge < -0.3 is 0 Å². The van der Waals surface area contributed by atoms with Gasteiger partial charge in [-0.05, 0) is 39.7 Å². The van der Waals surface area contributed by atoms with Crippen LogP contribution in [0.4, 0.5) is 0 Å². The molecule has 71 valence electrons. The predicted molar refractivity (Wildman–Crippen MR) is 49.7 cm³/mol. The highest BCUT2D eigenvalue weighted by Crippen LogP contribution is 2.21. The van der Waals surface area contributed by atoms with Crippen molar-refractivity contribution in [2.45, 2.75) is 51.6 Å². The summed E-state index contributed by atoms with van der Waals surface area (Å²) in [5.74, 6) is 0. The highest BCUT2D eigenvalue weighted by molar-refractivity contribution is 4.78. The van der Waals surface area contributed by atoms with E-state index in [1.807, 2.05) is 0 Å². The lowest BCUT2D eigenvalue weighted by Crippen LogP contribution is -2.44. The molecule has 12 heavy (non-hydrogen) atoms. The van der Waals surface area contributed by atoms with Crippen molar-refractivity contribution in [3.63, 3.8) is 0 Å². The van der Waals surface area contributed by atoms with Crippen LogP contribution in [-0.4, -0.2) is 30.1 Å². The minimum Gasteiger partial charge on any atom is -0.298 e. The first kappa shape index (κ1) is 10.0.